The molecule has 6 heteroatoms. The quantitative estimate of drug-likeness (QED) is 0.327. The fraction of sp³-hybridized carbons (Fsp3) is 0.103. The number of aliphatic hydroxyl groups is 2. The molecule has 0 aliphatic heterocycles. The summed E-state index contributed by atoms with van der Waals surface area (Å²) in [5.41, 5.74) is 2.91. The third-order valence-electron chi connectivity index (χ3n) is 5.86. The van der Waals surface area contributed by atoms with Crippen LogP contribution in [0.5, 0.6) is 0 Å². The number of carbonyl (C=O) groups is 1. The Morgan fingerprint density at radius 2 is 1.49 bits per heavy atom. The summed E-state index contributed by atoms with van der Waals surface area (Å²) in [5, 5.41) is 32.9. The predicted octanol–water partition coefficient (Wildman–Crippen LogP) is 5.44. The van der Waals surface area contributed by atoms with Crippen molar-refractivity contribution in [3.8, 4) is 17.2 Å². The highest BCUT2D eigenvalue weighted by Crippen LogP contribution is 2.30. The summed E-state index contributed by atoms with van der Waals surface area (Å²) in [6, 6.07) is 30.6. The van der Waals surface area contributed by atoms with Gasteiger partial charge >= 0.3 is 0 Å². The van der Waals surface area contributed by atoms with E-state index in [1.807, 2.05) is 60.7 Å². The smallest absolute Gasteiger partial charge is 0.261 e. The van der Waals surface area contributed by atoms with Crippen molar-refractivity contribution in [2.45, 2.75) is 18.6 Å². The molecule has 4 rings (SSSR count). The van der Waals surface area contributed by atoms with Crippen LogP contribution in [0.2, 0.25) is 5.02 Å². The van der Waals surface area contributed by atoms with Crippen LogP contribution in [0.25, 0.3) is 11.1 Å². The van der Waals surface area contributed by atoms with Gasteiger partial charge in [-0.15, -0.1) is 0 Å². The van der Waals surface area contributed by atoms with Crippen LogP contribution in [0.4, 0.5) is 5.69 Å². The molecule has 3 N–H and O–H groups in total. The van der Waals surface area contributed by atoms with Crippen molar-refractivity contribution in [1.29, 1.82) is 5.26 Å². The molecule has 0 saturated heterocycles. The number of nitrogens with one attached hydrogen (secondary N) is 1. The summed E-state index contributed by atoms with van der Waals surface area (Å²) in [6.07, 6.45) is 0.0522. The number of rotatable bonds is 7. The van der Waals surface area contributed by atoms with E-state index in [9.17, 15) is 15.0 Å². The molecule has 0 aromatic heterocycles. The maximum Gasteiger partial charge on any atom is 0.261 e. The summed E-state index contributed by atoms with van der Waals surface area (Å²) in [4.78, 5) is 13.4. The van der Waals surface area contributed by atoms with E-state index in [0.717, 1.165) is 22.3 Å². The third kappa shape index (κ3) is 5.42. The lowest BCUT2D eigenvalue weighted by Gasteiger charge is -2.28. The molecule has 5 nitrogen and oxygen atoms in total. The summed E-state index contributed by atoms with van der Waals surface area (Å²) in [7, 11) is 0. The van der Waals surface area contributed by atoms with Gasteiger partial charge in [-0.3, -0.25) is 4.79 Å². The fourth-order valence-electron chi connectivity index (χ4n) is 3.86. The topological polar surface area (TPSA) is 93.4 Å². The molecule has 0 aliphatic rings. The lowest BCUT2D eigenvalue weighted by Crippen LogP contribution is -2.42. The number of anilines is 1. The highest BCUT2D eigenvalue weighted by Gasteiger charge is 2.38. The number of carbonyl (C=O) groups excluding carboxylic acids is 1. The Morgan fingerprint density at radius 1 is 0.886 bits per heavy atom. The molecule has 0 radical (unpaired) electrons. The summed E-state index contributed by atoms with van der Waals surface area (Å²) < 4.78 is 0. The van der Waals surface area contributed by atoms with Crippen LogP contribution in [-0.2, 0) is 23.4 Å². The molecule has 1 amide bonds. The van der Waals surface area contributed by atoms with Crippen LogP contribution in [0, 0.1) is 11.3 Å². The maximum atomic E-state index is 13.4. The number of nitrogens with zero attached hydrogens (tertiary/aromatic N) is 1. The van der Waals surface area contributed by atoms with Crippen molar-refractivity contribution in [3.63, 3.8) is 0 Å². The minimum atomic E-state index is -1.84. The summed E-state index contributed by atoms with van der Waals surface area (Å²) >= 11 is 6.11. The molecular weight excluding hydrogens is 460 g/mol. The van der Waals surface area contributed by atoms with E-state index in [1.54, 1.807) is 30.3 Å². The number of hydrogen-bond acceptors (Lipinski definition) is 4. The van der Waals surface area contributed by atoms with Crippen molar-refractivity contribution in [2.75, 3.05) is 5.32 Å². The zero-order chi connectivity index (χ0) is 24.8. The van der Waals surface area contributed by atoms with E-state index < -0.39 is 11.5 Å². The molecule has 0 bridgehead atoms. The van der Waals surface area contributed by atoms with Gasteiger partial charge in [0.05, 0.1) is 17.2 Å². The number of hydrogen-bond donors (Lipinski definition) is 3. The first-order valence-corrected chi connectivity index (χ1v) is 11.4. The molecule has 1 atom stereocenters. The van der Waals surface area contributed by atoms with Crippen LogP contribution in [0.3, 0.4) is 0 Å². The number of benzene rings is 4. The van der Waals surface area contributed by atoms with E-state index in [1.165, 1.54) is 12.1 Å². The standard InChI is InChI=1S/C29H23ClN2O3/c30-27-16-26(15-14-24(27)18-31)32-28(34)29(35,25-4-2-1-3-5-25)17-20-6-10-22(11-7-20)23-12-8-21(19-33)9-13-23/h1-16,33,35H,17,19H2,(H,32,34). The Morgan fingerprint density at radius 3 is 2.03 bits per heavy atom. The predicted molar refractivity (Wildman–Crippen MR) is 137 cm³/mol. The second-order valence-corrected chi connectivity index (χ2v) is 8.62. The van der Waals surface area contributed by atoms with Crippen LogP contribution >= 0.6 is 11.6 Å². The van der Waals surface area contributed by atoms with E-state index in [-0.39, 0.29) is 18.1 Å². The van der Waals surface area contributed by atoms with Gasteiger partial charge in [-0.25, -0.2) is 0 Å². The highest BCUT2D eigenvalue weighted by atomic mass is 35.5. The fourth-order valence-corrected chi connectivity index (χ4v) is 4.08. The molecule has 0 heterocycles. The van der Waals surface area contributed by atoms with Crippen LogP contribution in [0.1, 0.15) is 22.3 Å². The molecule has 0 saturated carbocycles. The van der Waals surface area contributed by atoms with Crippen molar-refractivity contribution >= 4 is 23.2 Å². The van der Waals surface area contributed by atoms with Crippen LogP contribution in [0.15, 0.2) is 97.1 Å². The van der Waals surface area contributed by atoms with Gasteiger partial charge in [0.15, 0.2) is 5.60 Å². The molecule has 174 valence electrons. The van der Waals surface area contributed by atoms with E-state index in [2.05, 4.69) is 5.32 Å². The minimum absolute atomic E-state index is 0.00593. The van der Waals surface area contributed by atoms with Gasteiger partial charge < -0.3 is 15.5 Å². The third-order valence-corrected chi connectivity index (χ3v) is 6.17. The lowest BCUT2D eigenvalue weighted by molar-refractivity contribution is -0.135. The molecular formula is C29H23ClN2O3. The number of amides is 1. The molecule has 1 unspecified atom stereocenters. The maximum absolute atomic E-state index is 13.4. The Labute approximate surface area is 208 Å². The molecule has 4 aromatic carbocycles. The van der Waals surface area contributed by atoms with Crippen molar-refractivity contribution in [2.24, 2.45) is 0 Å². The average molecular weight is 483 g/mol. The Hall–Kier alpha value is -3.95. The SMILES string of the molecule is N#Cc1ccc(NC(=O)C(O)(Cc2ccc(-c3ccc(CO)cc3)cc2)c2ccccc2)cc1Cl. The monoisotopic (exact) mass is 482 g/mol. The molecule has 0 spiro atoms. The second kappa shape index (κ2) is 10.5. The molecule has 0 aliphatic carbocycles. The highest BCUT2D eigenvalue weighted by molar-refractivity contribution is 6.32. The average Bonchev–Trinajstić information content (AvgIpc) is 2.90. The van der Waals surface area contributed by atoms with Gasteiger partial charge in [-0.2, -0.15) is 5.26 Å². The first kappa shape index (κ1) is 24.2. The minimum Gasteiger partial charge on any atom is -0.392 e. The zero-order valence-corrected chi connectivity index (χ0v) is 19.5. The Kier molecular flexibility index (Phi) is 7.28. The first-order valence-electron chi connectivity index (χ1n) is 11.0. The molecule has 4 aromatic rings. The Bertz CT molecular complexity index is 1360. The molecule has 35 heavy (non-hydrogen) atoms. The van der Waals surface area contributed by atoms with Gasteiger partial charge in [0.1, 0.15) is 6.07 Å². The van der Waals surface area contributed by atoms with E-state index in [4.69, 9.17) is 16.9 Å². The largest absolute Gasteiger partial charge is 0.392 e. The first-order chi connectivity index (χ1) is 16.9. The van der Waals surface area contributed by atoms with Gasteiger partial charge in [-0.1, -0.05) is 90.5 Å². The lowest BCUT2D eigenvalue weighted by atomic mass is 9.85. The van der Waals surface area contributed by atoms with Crippen molar-refractivity contribution in [3.05, 3.63) is 124 Å². The van der Waals surface area contributed by atoms with Crippen molar-refractivity contribution < 1.29 is 15.0 Å². The summed E-state index contributed by atoms with van der Waals surface area (Å²) in [6.45, 7) is -0.00593. The Balaban J connectivity index is 1.61. The van der Waals surface area contributed by atoms with Gasteiger partial charge in [0, 0.05) is 12.1 Å². The van der Waals surface area contributed by atoms with Crippen LogP contribution in [-0.4, -0.2) is 16.1 Å². The van der Waals surface area contributed by atoms with E-state index in [0.29, 0.717) is 16.8 Å². The number of nitriles is 1. The normalized spacial score (nSPS) is 12.4. The zero-order valence-electron chi connectivity index (χ0n) is 18.8. The van der Waals surface area contributed by atoms with E-state index >= 15 is 0 Å². The van der Waals surface area contributed by atoms with Crippen molar-refractivity contribution in [1.82, 2.24) is 0 Å². The number of halogens is 1. The second-order valence-electron chi connectivity index (χ2n) is 8.22. The van der Waals surface area contributed by atoms with Gasteiger partial charge in [0.25, 0.3) is 5.91 Å². The van der Waals surface area contributed by atoms with Gasteiger partial charge in [0.2, 0.25) is 0 Å². The number of aliphatic hydroxyl groups excluding tert-OH is 1. The van der Waals surface area contributed by atoms with Gasteiger partial charge in [-0.05, 0) is 46.0 Å². The molecule has 0 fully saturated rings. The summed E-state index contributed by atoms with van der Waals surface area (Å²) in [5.74, 6) is -0.604. The van der Waals surface area contributed by atoms with Crippen LogP contribution < -0.4 is 5.32 Å².